The molecular formula is C16H17ClN2OS. The average molecular weight is 321 g/mol. The Morgan fingerprint density at radius 2 is 2.29 bits per heavy atom. The van der Waals surface area contributed by atoms with Gasteiger partial charge in [0, 0.05) is 15.6 Å². The SMILES string of the molecule is C[C@@H]1CCc2c(sc(N)c2C(=O)Nc2cccc(Cl)c2)C1. The minimum Gasteiger partial charge on any atom is -0.390 e. The predicted molar refractivity (Wildman–Crippen MR) is 89.3 cm³/mol. The lowest BCUT2D eigenvalue weighted by atomic mass is 9.88. The topological polar surface area (TPSA) is 55.1 Å². The van der Waals surface area contributed by atoms with Crippen molar-refractivity contribution in [2.24, 2.45) is 5.92 Å². The van der Waals surface area contributed by atoms with Crippen LogP contribution >= 0.6 is 22.9 Å². The van der Waals surface area contributed by atoms with Gasteiger partial charge in [-0.2, -0.15) is 0 Å². The highest BCUT2D eigenvalue weighted by Gasteiger charge is 2.26. The summed E-state index contributed by atoms with van der Waals surface area (Å²) in [6.07, 6.45) is 3.07. The predicted octanol–water partition coefficient (Wildman–Crippen LogP) is 4.36. The number of carbonyl (C=O) groups is 1. The van der Waals surface area contributed by atoms with E-state index >= 15 is 0 Å². The fourth-order valence-electron chi connectivity index (χ4n) is 2.78. The smallest absolute Gasteiger partial charge is 0.258 e. The third kappa shape index (κ3) is 2.92. The molecule has 21 heavy (non-hydrogen) atoms. The van der Waals surface area contributed by atoms with Crippen molar-refractivity contribution >= 4 is 39.5 Å². The van der Waals surface area contributed by atoms with Crippen LogP contribution in [0.4, 0.5) is 10.7 Å². The van der Waals surface area contributed by atoms with Crippen molar-refractivity contribution in [2.45, 2.75) is 26.2 Å². The van der Waals surface area contributed by atoms with Crippen LogP contribution in [0.3, 0.4) is 0 Å². The second-order valence-corrected chi connectivity index (χ2v) is 7.13. The maximum absolute atomic E-state index is 12.5. The lowest BCUT2D eigenvalue weighted by Crippen LogP contribution is -2.17. The summed E-state index contributed by atoms with van der Waals surface area (Å²) >= 11 is 7.50. The Hall–Kier alpha value is -1.52. The molecule has 0 fully saturated rings. The molecule has 5 heteroatoms. The molecule has 1 aromatic heterocycles. The van der Waals surface area contributed by atoms with Gasteiger partial charge in [0.25, 0.3) is 5.91 Å². The van der Waals surface area contributed by atoms with Gasteiger partial charge in [-0.3, -0.25) is 4.79 Å². The normalized spacial score (nSPS) is 17.3. The Morgan fingerprint density at radius 1 is 1.48 bits per heavy atom. The first-order chi connectivity index (χ1) is 10.0. The Bertz CT molecular complexity index is 696. The van der Waals surface area contributed by atoms with Gasteiger partial charge in [0.1, 0.15) is 0 Å². The van der Waals surface area contributed by atoms with Gasteiger partial charge in [-0.05, 0) is 48.9 Å². The van der Waals surface area contributed by atoms with Crippen LogP contribution in [0, 0.1) is 5.92 Å². The molecule has 3 N–H and O–H groups in total. The number of nitrogens with one attached hydrogen (secondary N) is 1. The molecule has 0 saturated carbocycles. The molecule has 1 atom stereocenters. The molecule has 3 nitrogen and oxygen atoms in total. The standard InChI is InChI=1S/C16H17ClN2OS/c1-9-5-6-12-13(7-9)21-15(18)14(12)16(20)19-11-4-2-3-10(17)8-11/h2-4,8-9H,5-7,18H2,1H3,(H,19,20)/t9-/m1/s1. The molecule has 1 aliphatic rings. The van der Waals surface area contributed by atoms with Gasteiger partial charge in [-0.15, -0.1) is 11.3 Å². The van der Waals surface area contributed by atoms with E-state index in [0.717, 1.165) is 24.8 Å². The van der Waals surface area contributed by atoms with Crippen LogP contribution in [0.5, 0.6) is 0 Å². The van der Waals surface area contributed by atoms with Gasteiger partial charge in [-0.25, -0.2) is 0 Å². The van der Waals surface area contributed by atoms with Crippen LogP contribution in [0.15, 0.2) is 24.3 Å². The summed E-state index contributed by atoms with van der Waals surface area (Å²) in [6, 6.07) is 7.14. The van der Waals surface area contributed by atoms with E-state index in [4.69, 9.17) is 17.3 Å². The average Bonchev–Trinajstić information content (AvgIpc) is 2.73. The summed E-state index contributed by atoms with van der Waals surface area (Å²) in [6.45, 7) is 2.24. The van der Waals surface area contributed by atoms with Gasteiger partial charge in [-0.1, -0.05) is 24.6 Å². The summed E-state index contributed by atoms with van der Waals surface area (Å²) in [5.41, 5.74) is 8.56. The summed E-state index contributed by atoms with van der Waals surface area (Å²) in [5.74, 6) is 0.529. The number of carbonyl (C=O) groups excluding carboxylic acids is 1. The molecule has 1 heterocycles. The van der Waals surface area contributed by atoms with Crippen molar-refractivity contribution < 1.29 is 4.79 Å². The van der Waals surface area contributed by atoms with E-state index in [0.29, 0.717) is 27.2 Å². The largest absolute Gasteiger partial charge is 0.390 e. The number of anilines is 2. The molecule has 0 aliphatic heterocycles. The fourth-order valence-corrected chi connectivity index (χ4v) is 4.25. The number of nitrogens with two attached hydrogens (primary N) is 1. The van der Waals surface area contributed by atoms with Crippen LogP contribution in [0.2, 0.25) is 5.02 Å². The van der Waals surface area contributed by atoms with Crippen LogP contribution in [-0.4, -0.2) is 5.91 Å². The van der Waals surface area contributed by atoms with E-state index in [2.05, 4.69) is 12.2 Å². The molecule has 0 unspecified atom stereocenters. The second kappa shape index (κ2) is 5.70. The van der Waals surface area contributed by atoms with E-state index in [9.17, 15) is 4.79 Å². The minimum absolute atomic E-state index is 0.137. The quantitative estimate of drug-likeness (QED) is 0.863. The monoisotopic (exact) mass is 320 g/mol. The highest BCUT2D eigenvalue weighted by Crippen LogP contribution is 2.38. The summed E-state index contributed by atoms with van der Waals surface area (Å²) in [7, 11) is 0. The van der Waals surface area contributed by atoms with E-state index in [1.165, 1.54) is 4.88 Å². The van der Waals surface area contributed by atoms with Gasteiger partial charge in [0.05, 0.1) is 10.6 Å². The molecule has 1 amide bonds. The van der Waals surface area contributed by atoms with Crippen LogP contribution in [0.25, 0.3) is 0 Å². The number of benzene rings is 1. The highest BCUT2D eigenvalue weighted by atomic mass is 35.5. The zero-order chi connectivity index (χ0) is 15.0. The fraction of sp³-hybridized carbons (Fsp3) is 0.312. The molecule has 3 rings (SSSR count). The third-order valence-corrected chi connectivity index (χ3v) is 5.17. The summed E-state index contributed by atoms with van der Waals surface area (Å²) in [5, 5.41) is 4.11. The zero-order valence-electron chi connectivity index (χ0n) is 11.8. The first kappa shape index (κ1) is 14.4. The molecule has 1 aromatic carbocycles. The summed E-state index contributed by atoms with van der Waals surface area (Å²) in [4.78, 5) is 13.8. The van der Waals surface area contributed by atoms with Crippen molar-refractivity contribution in [1.82, 2.24) is 0 Å². The number of halogens is 1. The van der Waals surface area contributed by atoms with Gasteiger partial charge < -0.3 is 11.1 Å². The van der Waals surface area contributed by atoms with E-state index < -0.39 is 0 Å². The van der Waals surface area contributed by atoms with Crippen LogP contribution < -0.4 is 11.1 Å². The molecule has 110 valence electrons. The first-order valence-electron chi connectivity index (χ1n) is 7.01. The number of thiophene rings is 1. The Kier molecular flexibility index (Phi) is 3.91. The van der Waals surface area contributed by atoms with Crippen molar-refractivity contribution in [3.63, 3.8) is 0 Å². The molecule has 0 saturated heterocycles. The van der Waals surface area contributed by atoms with Crippen molar-refractivity contribution in [2.75, 3.05) is 11.1 Å². The lowest BCUT2D eigenvalue weighted by molar-refractivity contribution is 0.102. The number of rotatable bonds is 2. The van der Waals surface area contributed by atoms with E-state index in [-0.39, 0.29) is 5.91 Å². The Labute approximate surface area is 133 Å². The number of fused-ring (bicyclic) bond motifs is 1. The molecule has 0 radical (unpaired) electrons. The van der Waals surface area contributed by atoms with Gasteiger partial charge in [0.2, 0.25) is 0 Å². The van der Waals surface area contributed by atoms with Crippen molar-refractivity contribution in [3.8, 4) is 0 Å². The van der Waals surface area contributed by atoms with Crippen LogP contribution in [0.1, 0.15) is 34.1 Å². The molecular weight excluding hydrogens is 304 g/mol. The van der Waals surface area contributed by atoms with Crippen molar-refractivity contribution in [3.05, 3.63) is 45.3 Å². The van der Waals surface area contributed by atoms with Crippen molar-refractivity contribution in [1.29, 1.82) is 0 Å². The minimum atomic E-state index is -0.137. The third-order valence-electron chi connectivity index (χ3n) is 3.85. The number of amides is 1. The summed E-state index contributed by atoms with van der Waals surface area (Å²) < 4.78 is 0. The van der Waals surface area contributed by atoms with E-state index in [1.54, 1.807) is 23.5 Å². The number of nitrogen functional groups attached to an aromatic ring is 1. The van der Waals surface area contributed by atoms with E-state index in [1.807, 2.05) is 12.1 Å². The molecule has 1 aliphatic carbocycles. The Balaban J connectivity index is 1.88. The first-order valence-corrected chi connectivity index (χ1v) is 8.21. The highest BCUT2D eigenvalue weighted by molar-refractivity contribution is 7.16. The second-order valence-electron chi connectivity index (χ2n) is 5.56. The molecule has 0 bridgehead atoms. The van der Waals surface area contributed by atoms with Crippen LogP contribution in [-0.2, 0) is 12.8 Å². The Morgan fingerprint density at radius 3 is 3.05 bits per heavy atom. The van der Waals surface area contributed by atoms with Gasteiger partial charge >= 0.3 is 0 Å². The zero-order valence-corrected chi connectivity index (χ0v) is 13.4. The van der Waals surface area contributed by atoms with Gasteiger partial charge in [0.15, 0.2) is 0 Å². The number of hydrogen-bond donors (Lipinski definition) is 2. The molecule has 0 spiro atoms. The number of hydrogen-bond acceptors (Lipinski definition) is 3. The maximum Gasteiger partial charge on any atom is 0.258 e. The maximum atomic E-state index is 12.5. The molecule has 2 aromatic rings. The lowest BCUT2D eigenvalue weighted by Gasteiger charge is -2.18.